The van der Waals surface area contributed by atoms with Gasteiger partial charge in [-0.25, -0.2) is 0 Å². The van der Waals surface area contributed by atoms with Gasteiger partial charge in [-0.3, -0.25) is 4.90 Å². The number of nitrogens with zero attached hydrogens (tertiary/aromatic N) is 2. The molecule has 0 bridgehead atoms. The van der Waals surface area contributed by atoms with E-state index in [0.29, 0.717) is 36.2 Å². The first-order valence-corrected chi connectivity index (χ1v) is 14.1. The number of nitrogens with one attached hydrogen (secondary N) is 1. The third kappa shape index (κ3) is 8.05. The molecule has 0 heterocycles. The Morgan fingerprint density at radius 3 is 2.35 bits per heavy atom. The molecule has 34 heavy (non-hydrogen) atoms. The molecule has 2 fully saturated rings. The Kier molecular flexibility index (Phi) is 10.4. The van der Waals surface area contributed by atoms with Crippen molar-refractivity contribution < 1.29 is 4.74 Å². The SMILES string of the molecule is CCN(Cc1ccccc1)[C@H]1CCCC[C@@H]1NC(C)CC1CCC[C@H](OC(C)(C)C)[C@H]1N(C)C. The number of ether oxygens (including phenoxy) is 1. The second kappa shape index (κ2) is 12.9. The topological polar surface area (TPSA) is 27.7 Å². The molecule has 0 saturated heterocycles. The molecule has 0 aliphatic heterocycles. The molecule has 1 N–H and O–H groups in total. The molecule has 1 aromatic rings. The van der Waals surface area contributed by atoms with Crippen molar-refractivity contribution in [2.24, 2.45) is 5.92 Å². The summed E-state index contributed by atoms with van der Waals surface area (Å²) in [5, 5.41) is 4.14. The fourth-order valence-electron chi connectivity index (χ4n) is 6.73. The van der Waals surface area contributed by atoms with Crippen LogP contribution in [0.1, 0.15) is 91.5 Å². The molecule has 0 amide bonds. The summed E-state index contributed by atoms with van der Waals surface area (Å²) in [7, 11) is 4.50. The zero-order chi connectivity index (χ0) is 24.7. The maximum Gasteiger partial charge on any atom is 0.0739 e. The molecule has 1 aromatic carbocycles. The van der Waals surface area contributed by atoms with Crippen LogP contribution in [0.4, 0.5) is 0 Å². The van der Waals surface area contributed by atoms with Crippen molar-refractivity contribution in [2.45, 2.75) is 128 Å². The van der Waals surface area contributed by atoms with Gasteiger partial charge >= 0.3 is 0 Å². The molecule has 2 saturated carbocycles. The van der Waals surface area contributed by atoms with E-state index in [1.165, 1.54) is 56.9 Å². The van der Waals surface area contributed by atoms with Crippen molar-refractivity contribution >= 4 is 0 Å². The van der Waals surface area contributed by atoms with Gasteiger partial charge in [0, 0.05) is 30.7 Å². The number of rotatable bonds is 10. The molecule has 2 aliphatic carbocycles. The minimum absolute atomic E-state index is 0.0810. The van der Waals surface area contributed by atoms with Gasteiger partial charge in [0.1, 0.15) is 0 Å². The molecule has 2 aliphatic rings. The third-order valence-electron chi connectivity index (χ3n) is 8.02. The summed E-state index contributed by atoms with van der Waals surface area (Å²) in [6, 6.07) is 13.3. The van der Waals surface area contributed by atoms with E-state index in [4.69, 9.17) is 4.74 Å². The molecule has 4 heteroatoms. The lowest BCUT2D eigenvalue weighted by atomic mass is 9.78. The first kappa shape index (κ1) is 27.6. The van der Waals surface area contributed by atoms with Crippen LogP contribution in [-0.4, -0.2) is 66.3 Å². The van der Waals surface area contributed by atoms with E-state index in [1.54, 1.807) is 0 Å². The fourth-order valence-corrected chi connectivity index (χ4v) is 6.73. The Labute approximate surface area is 210 Å². The van der Waals surface area contributed by atoms with Crippen LogP contribution in [-0.2, 0) is 11.3 Å². The predicted octanol–water partition coefficient (Wildman–Crippen LogP) is 6.10. The lowest BCUT2D eigenvalue weighted by molar-refractivity contribution is -0.117. The van der Waals surface area contributed by atoms with Crippen LogP contribution < -0.4 is 5.32 Å². The molecule has 0 aromatic heterocycles. The van der Waals surface area contributed by atoms with E-state index in [0.717, 1.165) is 13.1 Å². The highest BCUT2D eigenvalue weighted by atomic mass is 16.5. The lowest BCUT2D eigenvalue weighted by Crippen LogP contribution is -2.55. The van der Waals surface area contributed by atoms with Crippen molar-refractivity contribution in [3.63, 3.8) is 0 Å². The van der Waals surface area contributed by atoms with Gasteiger partial charge in [-0.1, -0.05) is 56.5 Å². The van der Waals surface area contributed by atoms with Crippen molar-refractivity contribution in [3.8, 4) is 0 Å². The van der Waals surface area contributed by atoms with E-state index in [-0.39, 0.29) is 5.60 Å². The Morgan fingerprint density at radius 1 is 1.00 bits per heavy atom. The highest BCUT2D eigenvalue weighted by Gasteiger charge is 2.38. The van der Waals surface area contributed by atoms with E-state index < -0.39 is 0 Å². The number of hydrogen-bond donors (Lipinski definition) is 1. The van der Waals surface area contributed by atoms with E-state index in [9.17, 15) is 0 Å². The first-order valence-electron chi connectivity index (χ1n) is 14.1. The van der Waals surface area contributed by atoms with Crippen LogP contribution >= 0.6 is 0 Å². The predicted molar refractivity (Wildman–Crippen MR) is 145 cm³/mol. The van der Waals surface area contributed by atoms with Crippen molar-refractivity contribution in [3.05, 3.63) is 35.9 Å². The zero-order valence-electron chi connectivity index (χ0n) is 23.2. The molecule has 2 unspecified atom stereocenters. The Hall–Kier alpha value is -0.940. The number of hydrogen-bond acceptors (Lipinski definition) is 4. The smallest absolute Gasteiger partial charge is 0.0739 e. The van der Waals surface area contributed by atoms with E-state index in [2.05, 4.69) is 94.2 Å². The van der Waals surface area contributed by atoms with Crippen LogP contribution in [0.3, 0.4) is 0 Å². The standard InChI is InChI=1S/C30H53N3O/c1-8-33(22-24-15-10-9-11-16-24)27-19-13-12-18-26(27)31-23(2)21-25-17-14-20-28(29(25)32(6)7)34-30(3,4)5/h9-11,15-16,23,25-29,31H,8,12-14,17-22H2,1-7H3/t23?,25?,26-,27-,28-,29-/m0/s1. The molecule has 0 radical (unpaired) electrons. The van der Waals surface area contributed by atoms with E-state index >= 15 is 0 Å². The minimum Gasteiger partial charge on any atom is -0.371 e. The normalized spacial score (nSPS) is 29.5. The summed E-state index contributed by atoms with van der Waals surface area (Å²) < 4.78 is 6.57. The van der Waals surface area contributed by atoms with Crippen LogP contribution in [0.25, 0.3) is 0 Å². The highest BCUT2D eigenvalue weighted by molar-refractivity contribution is 5.14. The third-order valence-corrected chi connectivity index (χ3v) is 8.02. The summed E-state index contributed by atoms with van der Waals surface area (Å²) in [5.74, 6) is 0.687. The first-order chi connectivity index (χ1) is 16.2. The van der Waals surface area contributed by atoms with Crippen molar-refractivity contribution in [1.82, 2.24) is 15.1 Å². The van der Waals surface area contributed by atoms with Gasteiger partial charge in [0.15, 0.2) is 0 Å². The van der Waals surface area contributed by atoms with Gasteiger partial charge in [-0.05, 0) is 91.9 Å². The summed E-state index contributed by atoms with van der Waals surface area (Å²) in [5.41, 5.74) is 1.35. The lowest BCUT2D eigenvalue weighted by Gasteiger charge is -2.46. The van der Waals surface area contributed by atoms with Crippen LogP contribution in [0.15, 0.2) is 30.3 Å². The minimum atomic E-state index is -0.0810. The molecule has 3 rings (SSSR count). The second-order valence-corrected chi connectivity index (χ2v) is 12.2. The molecule has 194 valence electrons. The maximum atomic E-state index is 6.57. The fraction of sp³-hybridized carbons (Fsp3) is 0.800. The van der Waals surface area contributed by atoms with Crippen LogP contribution in [0.2, 0.25) is 0 Å². The van der Waals surface area contributed by atoms with Gasteiger partial charge in [-0.15, -0.1) is 0 Å². The quantitative estimate of drug-likeness (QED) is 0.446. The van der Waals surface area contributed by atoms with Gasteiger partial charge in [0.2, 0.25) is 0 Å². The zero-order valence-corrected chi connectivity index (χ0v) is 23.2. The molecule has 0 spiro atoms. The largest absolute Gasteiger partial charge is 0.371 e. The van der Waals surface area contributed by atoms with Gasteiger partial charge in [0.05, 0.1) is 11.7 Å². The van der Waals surface area contributed by atoms with E-state index in [1.807, 2.05) is 0 Å². The van der Waals surface area contributed by atoms with Gasteiger partial charge < -0.3 is 15.0 Å². The number of benzene rings is 1. The second-order valence-electron chi connectivity index (χ2n) is 12.2. The summed E-state index contributed by atoms with van der Waals surface area (Å²) >= 11 is 0. The van der Waals surface area contributed by atoms with Crippen molar-refractivity contribution in [2.75, 3.05) is 20.6 Å². The van der Waals surface area contributed by atoms with Crippen molar-refractivity contribution in [1.29, 1.82) is 0 Å². The maximum absolute atomic E-state index is 6.57. The van der Waals surface area contributed by atoms with Crippen LogP contribution in [0, 0.1) is 5.92 Å². The summed E-state index contributed by atoms with van der Waals surface area (Å²) in [6.07, 6.45) is 10.7. The van der Waals surface area contributed by atoms with Crippen LogP contribution in [0.5, 0.6) is 0 Å². The molecule has 6 atom stereocenters. The monoisotopic (exact) mass is 471 g/mol. The molecular weight excluding hydrogens is 418 g/mol. The highest BCUT2D eigenvalue weighted by Crippen LogP contribution is 2.35. The average Bonchev–Trinajstić information content (AvgIpc) is 2.77. The molecule has 4 nitrogen and oxygen atoms in total. The summed E-state index contributed by atoms with van der Waals surface area (Å²) in [4.78, 5) is 5.16. The van der Waals surface area contributed by atoms with Gasteiger partial charge in [0.25, 0.3) is 0 Å². The Bertz CT molecular complexity index is 701. The Balaban J connectivity index is 1.63. The number of likely N-dealkylation sites (N-methyl/N-ethyl adjacent to an activating group) is 2. The summed E-state index contributed by atoms with van der Waals surface area (Å²) in [6.45, 7) is 13.5. The van der Waals surface area contributed by atoms with Gasteiger partial charge in [-0.2, -0.15) is 0 Å². The Morgan fingerprint density at radius 2 is 1.71 bits per heavy atom. The average molecular weight is 472 g/mol. The molecular formula is C30H53N3O.